The van der Waals surface area contributed by atoms with Crippen LogP contribution < -0.4 is 15.0 Å². The Labute approximate surface area is 117 Å². The molecule has 1 aromatic carbocycles. The lowest BCUT2D eigenvalue weighted by Crippen LogP contribution is -2.39. The highest BCUT2D eigenvalue weighted by atomic mass is 16.5. The molecule has 0 unspecified atom stereocenters. The Bertz CT molecular complexity index is 522. The number of amides is 2. The first-order valence-corrected chi connectivity index (χ1v) is 6.93. The van der Waals surface area contributed by atoms with Crippen molar-refractivity contribution in [3.8, 4) is 5.75 Å². The first kappa shape index (κ1) is 13.1. The van der Waals surface area contributed by atoms with Crippen molar-refractivity contribution in [3.05, 3.63) is 24.3 Å². The third-order valence-electron chi connectivity index (χ3n) is 3.83. The van der Waals surface area contributed by atoms with E-state index in [1.807, 2.05) is 0 Å². The summed E-state index contributed by atoms with van der Waals surface area (Å²) in [4.78, 5) is 25.6. The molecular formula is C15H18N2O3. The fourth-order valence-corrected chi connectivity index (χ4v) is 2.42. The van der Waals surface area contributed by atoms with Gasteiger partial charge in [-0.05, 0) is 49.6 Å². The fraction of sp³-hybridized carbons (Fsp3) is 0.467. The molecule has 2 fully saturated rings. The zero-order chi connectivity index (χ0) is 14.1. The molecule has 1 heterocycles. The lowest BCUT2D eigenvalue weighted by Gasteiger charge is -2.15. The van der Waals surface area contributed by atoms with Crippen LogP contribution in [0, 0.1) is 5.92 Å². The Morgan fingerprint density at radius 2 is 1.95 bits per heavy atom. The summed E-state index contributed by atoms with van der Waals surface area (Å²) in [6.45, 7) is 0.833. The van der Waals surface area contributed by atoms with E-state index in [1.54, 1.807) is 31.4 Å². The van der Waals surface area contributed by atoms with Crippen molar-refractivity contribution in [1.29, 1.82) is 0 Å². The van der Waals surface area contributed by atoms with Crippen LogP contribution >= 0.6 is 0 Å². The SMILES string of the molecule is COc1ccc(N2C(=O)C[C@@H](NCC3CC3)C2=O)cc1. The van der Waals surface area contributed by atoms with Gasteiger partial charge in [0.2, 0.25) is 5.91 Å². The number of hydrogen-bond acceptors (Lipinski definition) is 4. The molecule has 2 aliphatic rings. The maximum atomic E-state index is 12.3. The van der Waals surface area contributed by atoms with Crippen LogP contribution in [-0.2, 0) is 9.59 Å². The molecule has 1 aliphatic heterocycles. The number of anilines is 1. The van der Waals surface area contributed by atoms with E-state index in [9.17, 15) is 9.59 Å². The molecule has 5 heteroatoms. The minimum atomic E-state index is -0.370. The molecule has 1 saturated carbocycles. The fourth-order valence-electron chi connectivity index (χ4n) is 2.42. The molecule has 0 radical (unpaired) electrons. The van der Waals surface area contributed by atoms with Crippen LogP contribution in [0.4, 0.5) is 5.69 Å². The molecule has 0 spiro atoms. The van der Waals surface area contributed by atoms with E-state index in [0.717, 1.165) is 6.54 Å². The highest BCUT2D eigenvalue weighted by Gasteiger charge is 2.39. The number of rotatable bonds is 5. The van der Waals surface area contributed by atoms with Crippen molar-refractivity contribution in [2.75, 3.05) is 18.6 Å². The molecule has 0 bridgehead atoms. The number of nitrogens with zero attached hydrogens (tertiary/aromatic N) is 1. The van der Waals surface area contributed by atoms with Crippen LogP contribution in [0.15, 0.2) is 24.3 Å². The molecule has 3 rings (SSSR count). The zero-order valence-electron chi connectivity index (χ0n) is 11.5. The van der Waals surface area contributed by atoms with E-state index >= 15 is 0 Å². The maximum absolute atomic E-state index is 12.3. The Hall–Kier alpha value is -1.88. The average molecular weight is 274 g/mol. The number of imide groups is 1. The molecule has 2 amide bonds. The number of carbonyl (C=O) groups excluding carboxylic acids is 2. The van der Waals surface area contributed by atoms with Crippen molar-refractivity contribution >= 4 is 17.5 Å². The van der Waals surface area contributed by atoms with Gasteiger partial charge in [-0.15, -0.1) is 0 Å². The largest absolute Gasteiger partial charge is 0.497 e. The lowest BCUT2D eigenvalue weighted by molar-refractivity contribution is -0.121. The van der Waals surface area contributed by atoms with Crippen molar-refractivity contribution < 1.29 is 14.3 Å². The smallest absolute Gasteiger partial charge is 0.251 e. The van der Waals surface area contributed by atoms with Crippen molar-refractivity contribution in [1.82, 2.24) is 5.32 Å². The van der Waals surface area contributed by atoms with Gasteiger partial charge in [-0.25, -0.2) is 4.90 Å². The Balaban J connectivity index is 1.71. The second-order valence-electron chi connectivity index (χ2n) is 5.37. The first-order valence-electron chi connectivity index (χ1n) is 6.93. The number of benzene rings is 1. The zero-order valence-corrected chi connectivity index (χ0v) is 11.5. The number of ether oxygens (including phenoxy) is 1. The van der Waals surface area contributed by atoms with Gasteiger partial charge in [-0.3, -0.25) is 9.59 Å². The average Bonchev–Trinajstić information content (AvgIpc) is 3.24. The molecule has 106 valence electrons. The molecule has 1 atom stereocenters. The van der Waals surface area contributed by atoms with Gasteiger partial charge in [-0.2, -0.15) is 0 Å². The number of methoxy groups -OCH3 is 1. The summed E-state index contributed by atoms with van der Waals surface area (Å²) in [5, 5.41) is 3.21. The topological polar surface area (TPSA) is 58.6 Å². The van der Waals surface area contributed by atoms with Crippen LogP contribution in [0.25, 0.3) is 0 Å². The number of nitrogens with one attached hydrogen (secondary N) is 1. The van der Waals surface area contributed by atoms with Crippen LogP contribution in [0.3, 0.4) is 0 Å². The van der Waals surface area contributed by atoms with Crippen molar-refractivity contribution in [2.24, 2.45) is 5.92 Å². The molecule has 0 aromatic heterocycles. The normalized spacial score (nSPS) is 22.4. The van der Waals surface area contributed by atoms with Gasteiger partial charge in [0.1, 0.15) is 5.75 Å². The number of hydrogen-bond donors (Lipinski definition) is 1. The summed E-state index contributed by atoms with van der Waals surface area (Å²) < 4.78 is 5.08. The van der Waals surface area contributed by atoms with Crippen LogP contribution in [0.1, 0.15) is 19.3 Å². The molecule has 1 N–H and O–H groups in total. The Morgan fingerprint density at radius 1 is 1.25 bits per heavy atom. The molecule has 1 aromatic rings. The predicted molar refractivity (Wildman–Crippen MR) is 74.6 cm³/mol. The van der Waals surface area contributed by atoms with E-state index in [4.69, 9.17) is 4.74 Å². The molecule has 1 aliphatic carbocycles. The van der Waals surface area contributed by atoms with Crippen LogP contribution in [0.2, 0.25) is 0 Å². The Kier molecular flexibility index (Phi) is 3.44. The number of carbonyl (C=O) groups is 2. The standard InChI is InChI=1S/C15H18N2O3/c1-20-12-6-4-11(5-7-12)17-14(18)8-13(15(17)19)16-9-10-2-3-10/h4-7,10,13,16H,2-3,8-9H2,1H3/t13-/m1/s1. The van der Waals surface area contributed by atoms with E-state index < -0.39 is 0 Å². The van der Waals surface area contributed by atoms with Gasteiger partial charge in [0.05, 0.1) is 25.3 Å². The third-order valence-corrected chi connectivity index (χ3v) is 3.83. The quantitative estimate of drug-likeness (QED) is 0.823. The summed E-state index contributed by atoms with van der Waals surface area (Å²) in [6.07, 6.45) is 2.70. The second-order valence-corrected chi connectivity index (χ2v) is 5.37. The van der Waals surface area contributed by atoms with Gasteiger partial charge in [0.15, 0.2) is 0 Å². The van der Waals surface area contributed by atoms with Crippen molar-refractivity contribution in [3.63, 3.8) is 0 Å². The summed E-state index contributed by atoms with van der Waals surface area (Å²) in [5.41, 5.74) is 0.608. The molecule has 1 saturated heterocycles. The minimum absolute atomic E-state index is 0.145. The lowest BCUT2D eigenvalue weighted by atomic mass is 10.2. The van der Waals surface area contributed by atoms with Crippen LogP contribution in [0.5, 0.6) is 5.75 Å². The Morgan fingerprint density at radius 3 is 2.55 bits per heavy atom. The monoisotopic (exact) mass is 274 g/mol. The highest BCUT2D eigenvalue weighted by molar-refractivity contribution is 6.22. The summed E-state index contributed by atoms with van der Waals surface area (Å²) in [5.74, 6) is 1.10. The van der Waals surface area contributed by atoms with Gasteiger partial charge >= 0.3 is 0 Å². The van der Waals surface area contributed by atoms with E-state index in [-0.39, 0.29) is 24.3 Å². The van der Waals surface area contributed by atoms with Gasteiger partial charge < -0.3 is 10.1 Å². The van der Waals surface area contributed by atoms with Crippen LogP contribution in [-0.4, -0.2) is 31.5 Å². The van der Waals surface area contributed by atoms with Crippen molar-refractivity contribution in [2.45, 2.75) is 25.3 Å². The van der Waals surface area contributed by atoms with Gasteiger partial charge in [0.25, 0.3) is 5.91 Å². The van der Waals surface area contributed by atoms with E-state index in [2.05, 4.69) is 5.32 Å². The van der Waals surface area contributed by atoms with E-state index in [0.29, 0.717) is 17.4 Å². The summed E-state index contributed by atoms with van der Waals surface area (Å²) >= 11 is 0. The molecular weight excluding hydrogens is 256 g/mol. The summed E-state index contributed by atoms with van der Waals surface area (Å²) in [7, 11) is 1.58. The van der Waals surface area contributed by atoms with E-state index in [1.165, 1.54) is 17.7 Å². The van der Waals surface area contributed by atoms with Gasteiger partial charge in [0, 0.05) is 0 Å². The minimum Gasteiger partial charge on any atom is -0.497 e. The summed E-state index contributed by atoms with van der Waals surface area (Å²) in [6, 6.07) is 6.60. The second kappa shape index (κ2) is 5.25. The highest BCUT2D eigenvalue weighted by Crippen LogP contribution is 2.29. The maximum Gasteiger partial charge on any atom is 0.251 e. The van der Waals surface area contributed by atoms with Gasteiger partial charge in [-0.1, -0.05) is 0 Å². The predicted octanol–water partition coefficient (Wildman–Crippen LogP) is 1.33. The molecule has 20 heavy (non-hydrogen) atoms. The molecule has 5 nitrogen and oxygen atoms in total. The third kappa shape index (κ3) is 2.54. The first-order chi connectivity index (χ1) is 9.69.